The maximum absolute atomic E-state index is 12.3. The number of nitrogens with one attached hydrogen (secondary N) is 2. The number of hydrogen-bond acceptors (Lipinski definition) is 5. The molecule has 1 aromatic carbocycles. The van der Waals surface area contributed by atoms with Crippen LogP contribution < -0.4 is 20.3 Å². The summed E-state index contributed by atoms with van der Waals surface area (Å²) in [6, 6.07) is 7.04. The van der Waals surface area contributed by atoms with Gasteiger partial charge in [-0.3, -0.25) is 9.59 Å². The molecule has 2 N–H and O–H groups in total. The minimum absolute atomic E-state index is 0.0860. The summed E-state index contributed by atoms with van der Waals surface area (Å²) in [6.45, 7) is 3.48. The first-order valence-corrected chi connectivity index (χ1v) is 8.05. The van der Waals surface area contributed by atoms with Gasteiger partial charge in [0, 0.05) is 18.2 Å². The average Bonchev–Trinajstić information content (AvgIpc) is 2.61. The third-order valence-electron chi connectivity index (χ3n) is 4.21. The predicted molar refractivity (Wildman–Crippen MR) is 97.7 cm³/mol. The highest BCUT2D eigenvalue weighted by Gasteiger charge is 2.14. The number of pyridine rings is 1. The third-order valence-corrected chi connectivity index (χ3v) is 4.21. The molecule has 2 rings (SSSR count). The van der Waals surface area contributed by atoms with Crippen LogP contribution in [0.5, 0.6) is 11.5 Å². The van der Waals surface area contributed by atoms with Crippen molar-refractivity contribution in [1.82, 2.24) is 4.98 Å². The molecule has 0 unspecified atom stereocenters. The summed E-state index contributed by atoms with van der Waals surface area (Å²) in [5.41, 5.74) is 2.32. The first kappa shape index (κ1) is 19.1. The third kappa shape index (κ3) is 4.03. The minimum Gasteiger partial charge on any atom is -0.497 e. The highest BCUT2D eigenvalue weighted by Crippen LogP contribution is 2.29. The molecule has 2 aromatic rings. The second-order valence-electron chi connectivity index (χ2n) is 5.78. The number of aromatic amines is 1. The number of aromatic nitrogens is 1. The fourth-order valence-electron chi connectivity index (χ4n) is 2.77. The van der Waals surface area contributed by atoms with Gasteiger partial charge in [-0.05, 0) is 43.5 Å². The summed E-state index contributed by atoms with van der Waals surface area (Å²) in [6.07, 6.45) is 0.612. The van der Waals surface area contributed by atoms with Crippen LogP contribution in [-0.2, 0) is 11.2 Å². The first-order valence-electron chi connectivity index (χ1n) is 8.05. The van der Waals surface area contributed by atoms with Gasteiger partial charge in [0.1, 0.15) is 23.1 Å². The maximum Gasteiger partial charge on any atom is 0.266 e. The zero-order chi connectivity index (χ0) is 19.3. The van der Waals surface area contributed by atoms with Crippen LogP contribution in [0.4, 0.5) is 5.69 Å². The first-order chi connectivity index (χ1) is 12.4. The van der Waals surface area contributed by atoms with Crippen molar-refractivity contribution in [3.8, 4) is 17.6 Å². The quantitative estimate of drug-likeness (QED) is 0.828. The molecule has 0 atom stereocenters. The van der Waals surface area contributed by atoms with Crippen molar-refractivity contribution in [1.29, 1.82) is 5.26 Å². The number of methoxy groups -OCH3 is 2. The molecule has 0 radical (unpaired) electrons. The number of benzene rings is 1. The molecular weight excluding hydrogens is 334 g/mol. The van der Waals surface area contributed by atoms with Gasteiger partial charge in [0.2, 0.25) is 5.91 Å². The Morgan fingerprint density at radius 1 is 1.27 bits per heavy atom. The zero-order valence-corrected chi connectivity index (χ0v) is 15.2. The molecule has 1 heterocycles. The molecule has 0 spiro atoms. The lowest BCUT2D eigenvalue weighted by atomic mass is 9.99. The van der Waals surface area contributed by atoms with Gasteiger partial charge in [0.15, 0.2) is 0 Å². The SMILES string of the molecule is COc1ccc(NC(=O)CCc2c(C)[nH]c(=O)c(C#N)c2C)c(OC)c1. The van der Waals surface area contributed by atoms with Crippen LogP contribution in [0.15, 0.2) is 23.0 Å². The number of H-pyrrole nitrogens is 1. The van der Waals surface area contributed by atoms with Crippen molar-refractivity contribution in [2.24, 2.45) is 0 Å². The number of carbonyl (C=O) groups is 1. The van der Waals surface area contributed by atoms with Crippen molar-refractivity contribution in [3.05, 3.63) is 50.9 Å². The second kappa shape index (κ2) is 8.21. The number of ether oxygens (including phenoxy) is 2. The van der Waals surface area contributed by atoms with Crippen LogP contribution in [0, 0.1) is 25.2 Å². The van der Waals surface area contributed by atoms with E-state index in [9.17, 15) is 9.59 Å². The fourth-order valence-corrected chi connectivity index (χ4v) is 2.77. The number of rotatable bonds is 6. The summed E-state index contributed by atoms with van der Waals surface area (Å²) in [4.78, 5) is 26.7. The predicted octanol–water partition coefficient (Wildman–Crippen LogP) is 2.45. The van der Waals surface area contributed by atoms with Crippen molar-refractivity contribution in [2.75, 3.05) is 19.5 Å². The molecule has 0 aliphatic heterocycles. The lowest BCUT2D eigenvalue weighted by Crippen LogP contribution is -2.18. The molecule has 0 bridgehead atoms. The number of hydrogen-bond donors (Lipinski definition) is 2. The Hall–Kier alpha value is -3.27. The summed E-state index contributed by atoms with van der Waals surface area (Å²) < 4.78 is 10.4. The van der Waals surface area contributed by atoms with Crippen molar-refractivity contribution >= 4 is 11.6 Å². The van der Waals surface area contributed by atoms with E-state index in [1.165, 1.54) is 7.11 Å². The minimum atomic E-state index is -0.404. The van der Waals surface area contributed by atoms with Crippen LogP contribution in [-0.4, -0.2) is 25.1 Å². The number of aryl methyl sites for hydroxylation is 1. The summed E-state index contributed by atoms with van der Waals surface area (Å²) in [5.74, 6) is 0.932. The summed E-state index contributed by atoms with van der Waals surface area (Å²) in [5, 5.41) is 11.9. The zero-order valence-electron chi connectivity index (χ0n) is 15.2. The lowest BCUT2D eigenvalue weighted by Gasteiger charge is -2.13. The Balaban J connectivity index is 2.13. The molecule has 26 heavy (non-hydrogen) atoms. The normalized spacial score (nSPS) is 10.1. The van der Waals surface area contributed by atoms with Crippen molar-refractivity contribution < 1.29 is 14.3 Å². The van der Waals surface area contributed by atoms with Crippen molar-refractivity contribution in [3.63, 3.8) is 0 Å². The molecule has 136 valence electrons. The smallest absolute Gasteiger partial charge is 0.266 e. The topological polar surface area (TPSA) is 104 Å². The summed E-state index contributed by atoms with van der Waals surface area (Å²) in [7, 11) is 3.07. The van der Waals surface area contributed by atoms with Crippen molar-refractivity contribution in [2.45, 2.75) is 26.7 Å². The Morgan fingerprint density at radius 3 is 2.62 bits per heavy atom. The van der Waals surface area contributed by atoms with E-state index < -0.39 is 5.56 Å². The highest BCUT2D eigenvalue weighted by molar-refractivity contribution is 5.92. The van der Waals surface area contributed by atoms with Gasteiger partial charge >= 0.3 is 0 Å². The van der Waals surface area contributed by atoms with E-state index >= 15 is 0 Å². The van der Waals surface area contributed by atoms with Crippen LogP contribution in [0.1, 0.15) is 28.8 Å². The van der Waals surface area contributed by atoms with Gasteiger partial charge in [-0.15, -0.1) is 0 Å². The van der Waals surface area contributed by atoms with Gasteiger partial charge < -0.3 is 19.8 Å². The molecule has 0 fully saturated rings. The van der Waals surface area contributed by atoms with Crippen LogP contribution in [0.2, 0.25) is 0 Å². The molecule has 0 saturated carbocycles. The highest BCUT2D eigenvalue weighted by atomic mass is 16.5. The Bertz CT molecular complexity index is 926. The number of nitriles is 1. The number of anilines is 1. The van der Waals surface area contributed by atoms with E-state index in [0.717, 1.165) is 5.56 Å². The Labute approximate surface area is 151 Å². The Kier molecular flexibility index (Phi) is 6.02. The number of amides is 1. The molecular formula is C19H21N3O4. The number of nitrogens with zero attached hydrogens (tertiary/aromatic N) is 1. The van der Waals surface area contributed by atoms with E-state index in [-0.39, 0.29) is 17.9 Å². The molecule has 7 nitrogen and oxygen atoms in total. The fraction of sp³-hybridized carbons (Fsp3) is 0.316. The van der Waals surface area contributed by atoms with Gasteiger partial charge in [-0.1, -0.05) is 0 Å². The van der Waals surface area contributed by atoms with E-state index in [1.54, 1.807) is 39.2 Å². The molecule has 0 aliphatic rings. The number of carbonyl (C=O) groups excluding carboxylic acids is 1. The van der Waals surface area contributed by atoms with Gasteiger partial charge in [-0.2, -0.15) is 5.26 Å². The molecule has 0 aliphatic carbocycles. The molecule has 7 heteroatoms. The largest absolute Gasteiger partial charge is 0.497 e. The summed E-state index contributed by atoms with van der Waals surface area (Å²) >= 11 is 0. The van der Waals surface area contributed by atoms with Crippen LogP contribution in [0.25, 0.3) is 0 Å². The maximum atomic E-state index is 12.3. The monoisotopic (exact) mass is 355 g/mol. The molecule has 0 saturated heterocycles. The van der Waals surface area contributed by atoms with Crippen LogP contribution in [0.3, 0.4) is 0 Å². The standard InChI is InChI=1S/C19H21N3O4/c1-11-14(12(2)21-19(24)15(11)10-20)6-8-18(23)22-16-7-5-13(25-3)9-17(16)26-4/h5,7,9H,6,8H2,1-4H3,(H,21,24)(H,22,23). The van der Waals surface area contributed by atoms with Gasteiger partial charge in [0.05, 0.1) is 19.9 Å². The van der Waals surface area contributed by atoms with E-state index in [1.807, 2.05) is 6.07 Å². The van der Waals surface area contributed by atoms with Gasteiger partial charge in [-0.25, -0.2) is 0 Å². The second-order valence-corrected chi connectivity index (χ2v) is 5.78. The Morgan fingerprint density at radius 2 is 2.00 bits per heavy atom. The van der Waals surface area contributed by atoms with Gasteiger partial charge in [0.25, 0.3) is 5.56 Å². The van der Waals surface area contributed by atoms with E-state index in [4.69, 9.17) is 14.7 Å². The van der Waals surface area contributed by atoms with E-state index in [2.05, 4.69) is 10.3 Å². The molecule has 1 amide bonds. The lowest BCUT2D eigenvalue weighted by molar-refractivity contribution is -0.116. The molecule has 1 aromatic heterocycles. The van der Waals surface area contributed by atoms with Crippen LogP contribution >= 0.6 is 0 Å². The van der Waals surface area contributed by atoms with E-state index in [0.29, 0.717) is 34.9 Å². The average molecular weight is 355 g/mol.